The molecular formula is C35H45N5O14. The van der Waals surface area contributed by atoms with E-state index in [0.717, 1.165) is 17.9 Å². The number of furan rings is 1. The van der Waals surface area contributed by atoms with E-state index in [4.69, 9.17) is 18.6 Å². The van der Waals surface area contributed by atoms with Crippen molar-refractivity contribution in [3.8, 4) is 5.75 Å². The number of cyclic esters (lactones) is 3. The van der Waals surface area contributed by atoms with Crippen molar-refractivity contribution in [2.75, 3.05) is 18.5 Å². The van der Waals surface area contributed by atoms with Crippen molar-refractivity contribution >= 4 is 54.1 Å². The molecule has 2 saturated heterocycles. The Balaban J connectivity index is 0.000000404. The summed E-state index contributed by atoms with van der Waals surface area (Å²) >= 11 is 0. The molecule has 2 aliphatic heterocycles. The molecule has 54 heavy (non-hydrogen) atoms. The smallest absolute Gasteiger partial charge is 0.433 e. The molecule has 1 aromatic carbocycles. The van der Waals surface area contributed by atoms with Crippen molar-refractivity contribution in [3.05, 3.63) is 51.8 Å². The van der Waals surface area contributed by atoms with Gasteiger partial charge in [-0.25, -0.2) is 9.59 Å². The number of carbonyl (C=O) groups is 6. The van der Waals surface area contributed by atoms with Crippen LogP contribution < -0.4 is 10.6 Å². The Morgan fingerprint density at radius 1 is 1.11 bits per heavy atom. The van der Waals surface area contributed by atoms with Crippen LogP contribution in [0.1, 0.15) is 82.8 Å². The van der Waals surface area contributed by atoms with Crippen molar-refractivity contribution in [2.45, 2.75) is 91.1 Å². The lowest BCUT2D eigenvalue weighted by molar-refractivity contribution is -0.402. The molecule has 0 spiro atoms. The van der Waals surface area contributed by atoms with Crippen LogP contribution in [0, 0.1) is 22.0 Å². The van der Waals surface area contributed by atoms with Gasteiger partial charge in [-0.3, -0.25) is 29.3 Å². The molecule has 0 radical (unpaired) electrons. The first-order valence-electron chi connectivity index (χ1n) is 17.3. The first kappa shape index (κ1) is 42.4. The maximum atomic E-state index is 13.3. The third-order valence-corrected chi connectivity index (χ3v) is 8.09. The second-order valence-corrected chi connectivity index (χ2v) is 12.8. The number of phenols is 1. The number of hydrogen-bond acceptors (Lipinski definition) is 15. The zero-order valence-corrected chi connectivity index (χ0v) is 30.6. The Morgan fingerprint density at radius 3 is 2.44 bits per heavy atom. The zero-order chi connectivity index (χ0) is 39.9. The minimum absolute atomic E-state index is 0.00114. The number of nitrogens with zero attached hydrogens (tertiary/aromatic N) is 3. The van der Waals surface area contributed by atoms with Gasteiger partial charge in [-0.2, -0.15) is 10.1 Å². The van der Waals surface area contributed by atoms with E-state index in [1.165, 1.54) is 50.4 Å². The Bertz CT molecular complexity index is 1690. The molecule has 5 unspecified atom stereocenters. The highest BCUT2D eigenvalue weighted by Crippen LogP contribution is 2.29. The summed E-state index contributed by atoms with van der Waals surface area (Å²) in [4.78, 5) is 83.3. The maximum absolute atomic E-state index is 13.3. The molecule has 0 aliphatic carbocycles. The van der Waals surface area contributed by atoms with Gasteiger partial charge in [0.05, 0.1) is 36.0 Å². The number of unbranched alkanes of at least 4 members (excludes halogenated alkanes) is 2. The van der Waals surface area contributed by atoms with Crippen LogP contribution in [-0.2, 0) is 38.1 Å². The lowest BCUT2D eigenvalue weighted by Gasteiger charge is -2.29. The number of rotatable bonds is 14. The monoisotopic (exact) mass is 759 g/mol. The van der Waals surface area contributed by atoms with Gasteiger partial charge in [0, 0.05) is 6.42 Å². The van der Waals surface area contributed by atoms with Crippen LogP contribution in [0.15, 0.2) is 39.9 Å². The molecule has 2 fully saturated rings. The van der Waals surface area contributed by atoms with Crippen LogP contribution in [0.25, 0.3) is 0 Å². The lowest BCUT2D eigenvalue weighted by Crippen LogP contribution is -2.50. The topological polar surface area (TPSA) is 256 Å². The Kier molecular flexibility index (Phi) is 15.9. The minimum Gasteiger partial charge on any atom is -0.505 e. The van der Waals surface area contributed by atoms with E-state index in [0.29, 0.717) is 25.8 Å². The van der Waals surface area contributed by atoms with E-state index in [9.17, 15) is 44.0 Å². The molecule has 3 N–H and O–H groups in total. The predicted molar refractivity (Wildman–Crippen MR) is 188 cm³/mol. The number of carbonyl (C=O) groups excluding carboxylic acids is 6. The van der Waals surface area contributed by atoms with Gasteiger partial charge in [0.25, 0.3) is 5.91 Å². The average molecular weight is 760 g/mol. The summed E-state index contributed by atoms with van der Waals surface area (Å²) in [6.07, 6.45) is 0.742. The largest absolute Gasteiger partial charge is 0.505 e. The number of anilines is 1. The minimum atomic E-state index is -1.42. The second kappa shape index (κ2) is 20.3. The summed E-state index contributed by atoms with van der Waals surface area (Å²) in [7, 11) is 0. The number of para-hydroxylation sites is 1. The van der Waals surface area contributed by atoms with E-state index in [1.807, 2.05) is 20.8 Å². The van der Waals surface area contributed by atoms with Crippen LogP contribution >= 0.6 is 0 Å². The van der Waals surface area contributed by atoms with Gasteiger partial charge in [-0.05, 0) is 44.4 Å². The number of hydrazone groups is 1. The Labute approximate surface area is 310 Å². The molecule has 19 nitrogen and oxygen atoms in total. The third-order valence-electron chi connectivity index (χ3n) is 8.09. The summed E-state index contributed by atoms with van der Waals surface area (Å²) in [6, 6.07) is 5.31. The number of ether oxygens (including phenoxy) is 4. The van der Waals surface area contributed by atoms with Gasteiger partial charge in [0.2, 0.25) is 6.41 Å². The molecule has 2 aliphatic rings. The summed E-state index contributed by atoms with van der Waals surface area (Å²) in [5.74, 6) is -4.44. The number of aromatic hydroxyl groups is 1. The van der Waals surface area contributed by atoms with E-state index in [1.54, 1.807) is 0 Å². The van der Waals surface area contributed by atoms with Crippen molar-refractivity contribution in [2.24, 2.45) is 16.9 Å². The number of amides is 3. The summed E-state index contributed by atoms with van der Waals surface area (Å²) in [5.41, 5.74) is -0.215. The van der Waals surface area contributed by atoms with Crippen LogP contribution in [0.5, 0.6) is 5.75 Å². The van der Waals surface area contributed by atoms with Crippen LogP contribution in [-0.4, -0.2) is 95.1 Å². The highest BCUT2D eigenvalue weighted by atomic mass is 16.6. The quantitative estimate of drug-likeness (QED) is 0.0359. The van der Waals surface area contributed by atoms with Gasteiger partial charge < -0.3 is 39.1 Å². The van der Waals surface area contributed by atoms with Gasteiger partial charge in [0.1, 0.15) is 23.7 Å². The maximum Gasteiger partial charge on any atom is 0.433 e. The van der Waals surface area contributed by atoms with Crippen LogP contribution in [0.4, 0.5) is 16.4 Å². The molecule has 2 aromatic rings. The standard InChI is InChI=1S/C27H38N2O9.C8H7N3O5/c1-6-7-8-10-19-24(38-21(31)13-15(2)3)17(5)37-27(35)22(16(4)36-26(19)34)29-25(33)18-11-9-12-20(23(18)32)28-14-30;12-8-10(3-4-15-8)9-5-6-1-2-7(16-6)11(13)14/h9,11-12,14-17,19,22,24,32H,6-8,10,13H2,1-5H3,(H,28,30)(H,29,33);1-2,5H,3-4H2. The first-order chi connectivity index (χ1) is 25.7. The SMILES string of the molecule is CCCCCC1C(=O)OC(C)C(NC(=O)c2cccc(NC=O)c2O)C(=O)OC(C)C1OC(=O)CC(C)C.O=C1OCCN1N=Cc1ccc([N+](=O)[O-])o1. The highest BCUT2D eigenvalue weighted by Gasteiger charge is 2.44. The molecule has 4 rings (SSSR count). The average Bonchev–Trinajstić information content (AvgIpc) is 3.76. The van der Waals surface area contributed by atoms with E-state index < -0.39 is 70.9 Å². The molecule has 0 bridgehead atoms. The van der Waals surface area contributed by atoms with E-state index in [2.05, 4.69) is 20.5 Å². The van der Waals surface area contributed by atoms with Crippen molar-refractivity contribution < 1.29 is 62.2 Å². The first-order valence-corrected chi connectivity index (χ1v) is 17.3. The summed E-state index contributed by atoms with van der Waals surface area (Å²) in [5, 5.41) is 30.3. The molecule has 294 valence electrons. The molecular weight excluding hydrogens is 714 g/mol. The third kappa shape index (κ3) is 12.0. The zero-order valence-electron chi connectivity index (χ0n) is 30.6. The lowest BCUT2D eigenvalue weighted by atomic mass is 9.92. The van der Waals surface area contributed by atoms with Crippen LogP contribution in [0.2, 0.25) is 0 Å². The van der Waals surface area contributed by atoms with Gasteiger partial charge in [0.15, 0.2) is 23.7 Å². The van der Waals surface area contributed by atoms with E-state index >= 15 is 0 Å². The van der Waals surface area contributed by atoms with Gasteiger partial charge in [-0.1, -0.05) is 46.1 Å². The van der Waals surface area contributed by atoms with Crippen molar-refractivity contribution in [1.29, 1.82) is 0 Å². The Hall–Kier alpha value is -6.01. The highest BCUT2D eigenvalue weighted by molar-refractivity contribution is 6.01. The predicted octanol–water partition coefficient (Wildman–Crippen LogP) is 4.06. The number of phenolic OH excluding ortho intramolecular Hbond substituents is 1. The Morgan fingerprint density at radius 2 is 1.83 bits per heavy atom. The molecule has 3 amide bonds. The molecule has 1 aromatic heterocycles. The number of nitro groups is 1. The number of nitrogens with one attached hydrogen (secondary N) is 2. The fourth-order valence-corrected chi connectivity index (χ4v) is 5.35. The normalized spacial score (nSPS) is 21.4. The summed E-state index contributed by atoms with van der Waals surface area (Å²) in [6.45, 7) is 9.35. The van der Waals surface area contributed by atoms with Crippen molar-refractivity contribution in [1.82, 2.24) is 10.3 Å². The molecule has 19 heteroatoms. The second-order valence-electron chi connectivity index (χ2n) is 12.8. The fraction of sp³-hybridized carbons (Fsp3) is 0.514. The fourth-order valence-electron chi connectivity index (χ4n) is 5.35. The van der Waals surface area contributed by atoms with Gasteiger partial charge >= 0.3 is 29.9 Å². The number of hydrogen-bond donors (Lipinski definition) is 3. The summed E-state index contributed by atoms with van der Waals surface area (Å²) < 4.78 is 26.3. The molecule has 0 saturated carbocycles. The van der Waals surface area contributed by atoms with Crippen molar-refractivity contribution in [3.63, 3.8) is 0 Å². The van der Waals surface area contributed by atoms with E-state index in [-0.39, 0.29) is 41.8 Å². The number of esters is 3. The van der Waals surface area contributed by atoms with Crippen LogP contribution in [0.3, 0.4) is 0 Å². The molecule has 5 atom stereocenters. The van der Waals surface area contributed by atoms with Gasteiger partial charge in [-0.15, -0.1) is 0 Å². The number of benzene rings is 1. The molecule has 3 heterocycles.